The maximum absolute atomic E-state index is 5.44. The van der Waals surface area contributed by atoms with Crippen LogP contribution >= 0.6 is 11.3 Å². The van der Waals surface area contributed by atoms with Crippen LogP contribution < -0.4 is 9.47 Å². The molecule has 1 aliphatic heterocycles. The van der Waals surface area contributed by atoms with Gasteiger partial charge in [-0.05, 0) is 30.7 Å². The highest BCUT2D eigenvalue weighted by Gasteiger charge is 2.14. The molecule has 1 aromatic heterocycles. The van der Waals surface area contributed by atoms with Crippen LogP contribution in [0.1, 0.15) is 30.1 Å². The summed E-state index contributed by atoms with van der Waals surface area (Å²) in [5.74, 6) is 1.69. The Hall–Kier alpha value is -1.59. The molecule has 112 valence electrons. The van der Waals surface area contributed by atoms with Gasteiger partial charge in [0, 0.05) is 18.5 Å². The topological polar surface area (TPSA) is 34.6 Å². The van der Waals surface area contributed by atoms with E-state index in [-0.39, 0.29) is 0 Å². The predicted octanol–water partition coefficient (Wildman–Crippen LogP) is 3.46. The lowest BCUT2D eigenvalue weighted by Gasteiger charge is -2.19. The maximum Gasteiger partial charge on any atom is 0.231 e. The summed E-state index contributed by atoms with van der Waals surface area (Å²) in [5, 5.41) is 3.38. The number of hydrogen-bond acceptors (Lipinski definition) is 5. The third kappa shape index (κ3) is 3.36. The lowest BCUT2D eigenvalue weighted by molar-refractivity contribution is 0.174. The van der Waals surface area contributed by atoms with Crippen LogP contribution in [-0.4, -0.2) is 23.2 Å². The zero-order chi connectivity index (χ0) is 14.7. The molecule has 0 aliphatic carbocycles. The second kappa shape index (κ2) is 6.45. The van der Waals surface area contributed by atoms with Gasteiger partial charge >= 0.3 is 0 Å². The Morgan fingerprint density at radius 3 is 2.81 bits per heavy atom. The zero-order valence-corrected chi connectivity index (χ0v) is 13.3. The summed E-state index contributed by atoms with van der Waals surface area (Å²) in [6.07, 6.45) is 1.01. The van der Waals surface area contributed by atoms with Crippen molar-refractivity contribution in [2.45, 2.75) is 33.4 Å². The van der Waals surface area contributed by atoms with E-state index in [4.69, 9.17) is 9.47 Å². The zero-order valence-electron chi connectivity index (χ0n) is 12.5. The van der Waals surface area contributed by atoms with E-state index >= 15 is 0 Å². The normalized spacial score (nSPS) is 13.1. The third-order valence-corrected chi connectivity index (χ3v) is 4.62. The van der Waals surface area contributed by atoms with E-state index in [0.717, 1.165) is 37.6 Å². The standard InChI is InChI=1S/C16H20N2O2S/c1-3-16-17-13(10-21-16)9-18(4-2)8-12-5-6-14-15(7-12)20-11-19-14/h5-7,10H,3-4,8-9,11H2,1-2H3. The van der Waals surface area contributed by atoms with Gasteiger partial charge in [-0.15, -0.1) is 11.3 Å². The van der Waals surface area contributed by atoms with Crippen molar-refractivity contribution in [2.75, 3.05) is 13.3 Å². The van der Waals surface area contributed by atoms with Gasteiger partial charge in [-0.1, -0.05) is 19.9 Å². The fourth-order valence-electron chi connectivity index (χ4n) is 2.39. The van der Waals surface area contributed by atoms with E-state index in [2.05, 4.69) is 41.2 Å². The van der Waals surface area contributed by atoms with Gasteiger partial charge < -0.3 is 9.47 Å². The molecule has 0 radical (unpaired) electrons. The Morgan fingerprint density at radius 1 is 1.19 bits per heavy atom. The number of nitrogens with zero attached hydrogens (tertiary/aromatic N) is 2. The van der Waals surface area contributed by atoms with Crippen molar-refractivity contribution in [1.82, 2.24) is 9.88 Å². The molecule has 0 unspecified atom stereocenters. The van der Waals surface area contributed by atoms with Crippen molar-refractivity contribution in [3.05, 3.63) is 39.8 Å². The van der Waals surface area contributed by atoms with Crippen LogP contribution in [-0.2, 0) is 19.5 Å². The van der Waals surface area contributed by atoms with E-state index in [0.29, 0.717) is 6.79 Å². The number of thiazole rings is 1. The molecule has 4 nitrogen and oxygen atoms in total. The summed E-state index contributed by atoms with van der Waals surface area (Å²) in [6, 6.07) is 6.17. The number of aromatic nitrogens is 1. The first-order valence-electron chi connectivity index (χ1n) is 7.32. The first-order chi connectivity index (χ1) is 10.3. The molecule has 0 spiro atoms. The van der Waals surface area contributed by atoms with Crippen molar-refractivity contribution in [1.29, 1.82) is 0 Å². The van der Waals surface area contributed by atoms with Gasteiger partial charge in [0.25, 0.3) is 0 Å². The SMILES string of the molecule is CCc1nc(CN(CC)Cc2ccc3c(c2)OCO3)cs1. The van der Waals surface area contributed by atoms with Crippen molar-refractivity contribution in [3.63, 3.8) is 0 Å². The molecular weight excluding hydrogens is 284 g/mol. The van der Waals surface area contributed by atoms with Crippen LogP contribution in [0.4, 0.5) is 0 Å². The molecule has 5 heteroatoms. The molecule has 2 heterocycles. The van der Waals surface area contributed by atoms with Gasteiger partial charge in [-0.25, -0.2) is 4.98 Å². The second-order valence-corrected chi connectivity index (χ2v) is 6.02. The average molecular weight is 304 g/mol. The maximum atomic E-state index is 5.44. The van der Waals surface area contributed by atoms with Crippen LogP contribution in [0.3, 0.4) is 0 Å². The lowest BCUT2D eigenvalue weighted by atomic mass is 10.2. The Balaban J connectivity index is 1.66. The van der Waals surface area contributed by atoms with Gasteiger partial charge in [0.15, 0.2) is 11.5 Å². The molecule has 1 aromatic carbocycles. The molecule has 0 bridgehead atoms. The molecule has 0 saturated carbocycles. The van der Waals surface area contributed by atoms with E-state index in [1.807, 2.05) is 6.07 Å². The fraction of sp³-hybridized carbons (Fsp3) is 0.438. The Morgan fingerprint density at radius 2 is 2.05 bits per heavy atom. The van der Waals surface area contributed by atoms with Crippen LogP contribution in [0.5, 0.6) is 11.5 Å². The smallest absolute Gasteiger partial charge is 0.231 e. The minimum Gasteiger partial charge on any atom is -0.454 e. The first-order valence-corrected chi connectivity index (χ1v) is 8.20. The number of aryl methyl sites for hydroxylation is 1. The molecule has 0 amide bonds. The molecular formula is C16H20N2O2S. The van der Waals surface area contributed by atoms with Crippen molar-refractivity contribution >= 4 is 11.3 Å². The molecule has 0 saturated heterocycles. The number of rotatable bonds is 6. The highest BCUT2D eigenvalue weighted by Crippen LogP contribution is 2.32. The quantitative estimate of drug-likeness (QED) is 0.818. The Bertz CT molecular complexity index is 612. The van der Waals surface area contributed by atoms with E-state index in [9.17, 15) is 0 Å². The molecule has 2 aromatic rings. The van der Waals surface area contributed by atoms with Crippen molar-refractivity contribution in [2.24, 2.45) is 0 Å². The van der Waals surface area contributed by atoms with Gasteiger partial charge in [0.1, 0.15) is 0 Å². The highest BCUT2D eigenvalue weighted by atomic mass is 32.1. The number of hydrogen-bond donors (Lipinski definition) is 0. The van der Waals surface area contributed by atoms with Crippen molar-refractivity contribution < 1.29 is 9.47 Å². The molecule has 0 fully saturated rings. The van der Waals surface area contributed by atoms with Gasteiger partial charge in [-0.3, -0.25) is 4.90 Å². The van der Waals surface area contributed by atoms with E-state index in [1.54, 1.807) is 11.3 Å². The monoisotopic (exact) mass is 304 g/mol. The second-order valence-electron chi connectivity index (χ2n) is 5.08. The van der Waals surface area contributed by atoms with Gasteiger partial charge in [-0.2, -0.15) is 0 Å². The summed E-state index contributed by atoms with van der Waals surface area (Å²) < 4.78 is 10.8. The molecule has 1 aliphatic rings. The molecule has 3 rings (SSSR count). The first kappa shape index (κ1) is 14.4. The highest BCUT2D eigenvalue weighted by molar-refractivity contribution is 7.09. The molecule has 21 heavy (non-hydrogen) atoms. The minimum atomic E-state index is 0.328. The van der Waals surface area contributed by atoms with E-state index < -0.39 is 0 Å². The van der Waals surface area contributed by atoms with Crippen LogP contribution in [0.25, 0.3) is 0 Å². The van der Waals surface area contributed by atoms with Crippen LogP contribution in [0.15, 0.2) is 23.6 Å². The average Bonchev–Trinajstić information content (AvgIpc) is 3.14. The fourth-order valence-corrected chi connectivity index (χ4v) is 3.13. The predicted molar refractivity (Wildman–Crippen MR) is 83.8 cm³/mol. The van der Waals surface area contributed by atoms with Crippen LogP contribution in [0.2, 0.25) is 0 Å². The largest absolute Gasteiger partial charge is 0.454 e. The van der Waals surface area contributed by atoms with Crippen LogP contribution in [0, 0.1) is 0 Å². The molecule has 0 atom stereocenters. The van der Waals surface area contributed by atoms with Gasteiger partial charge in [0.05, 0.1) is 10.7 Å². The Labute approximate surface area is 129 Å². The summed E-state index contributed by atoms with van der Waals surface area (Å²) in [6.45, 7) is 7.43. The minimum absolute atomic E-state index is 0.328. The summed E-state index contributed by atoms with van der Waals surface area (Å²) >= 11 is 1.75. The number of benzene rings is 1. The summed E-state index contributed by atoms with van der Waals surface area (Å²) in [4.78, 5) is 7.03. The summed E-state index contributed by atoms with van der Waals surface area (Å²) in [5.41, 5.74) is 2.41. The number of fused-ring (bicyclic) bond motifs is 1. The Kier molecular flexibility index (Phi) is 4.41. The van der Waals surface area contributed by atoms with E-state index in [1.165, 1.54) is 16.3 Å². The van der Waals surface area contributed by atoms with Crippen molar-refractivity contribution in [3.8, 4) is 11.5 Å². The third-order valence-electron chi connectivity index (χ3n) is 3.58. The molecule has 0 N–H and O–H groups in total. The summed E-state index contributed by atoms with van der Waals surface area (Å²) in [7, 11) is 0. The lowest BCUT2D eigenvalue weighted by Crippen LogP contribution is -2.22. The number of ether oxygens (including phenoxy) is 2. The van der Waals surface area contributed by atoms with Gasteiger partial charge in [0.2, 0.25) is 6.79 Å².